The van der Waals surface area contributed by atoms with E-state index in [1.165, 1.54) is 5.56 Å². The highest BCUT2D eigenvalue weighted by Crippen LogP contribution is 2.21. The average molecular weight is 263 g/mol. The van der Waals surface area contributed by atoms with Crippen LogP contribution in [-0.4, -0.2) is 23.7 Å². The molecular formula is C16H25NO2. The summed E-state index contributed by atoms with van der Waals surface area (Å²) in [5.74, 6) is -0.0539. The number of hydrogen-bond donors (Lipinski definition) is 2. The lowest BCUT2D eigenvalue weighted by molar-refractivity contribution is 0.0902. The molecule has 0 heterocycles. The van der Waals surface area contributed by atoms with E-state index in [0.29, 0.717) is 18.5 Å². The Balaban J connectivity index is 2.62. The van der Waals surface area contributed by atoms with Crippen LogP contribution in [0.3, 0.4) is 0 Å². The molecule has 1 aromatic carbocycles. The van der Waals surface area contributed by atoms with Gasteiger partial charge in [-0.2, -0.15) is 0 Å². The van der Waals surface area contributed by atoms with Crippen LogP contribution in [-0.2, 0) is 0 Å². The minimum Gasteiger partial charge on any atom is -0.393 e. The maximum Gasteiger partial charge on any atom is 0.251 e. The van der Waals surface area contributed by atoms with Crippen molar-refractivity contribution in [1.82, 2.24) is 5.32 Å². The molecule has 3 heteroatoms. The molecule has 1 atom stereocenters. The van der Waals surface area contributed by atoms with Crippen LogP contribution in [0, 0.1) is 19.3 Å². The molecule has 0 aliphatic rings. The number of aryl methyl sites for hydroxylation is 2. The Morgan fingerprint density at radius 1 is 1.32 bits per heavy atom. The van der Waals surface area contributed by atoms with Gasteiger partial charge in [0.2, 0.25) is 0 Å². The monoisotopic (exact) mass is 263 g/mol. The number of nitrogens with one attached hydrogen (secondary N) is 1. The van der Waals surface area contributed by atoms with Crippen LogP contribution in [0.2, 0.25) is 0 Å². The molecule has 106 valence electrons. The van der Waals surface area contributed by atoms with E-state index in [1.807, 2.05) is 45.9 Å². The molecule has 2 N–H and O–H groups in total. The Kier molecular flexibility index (Phi) is 5.12. The van der Waals surface area contributed by atoms with Gasteiger partial charge in [0.1, 0.15) is 0 Å². The zero-order valence-corrected chi connectivity index (χ0v) is 12.6. The van der Waals surface area contributed by atoms with Gasteiger partial charge in [0, 0.05) is 12.1 Å². The fourth-order valence-electron chi connectivity index (χ4n) is 2.18. The summed E-state index contributed by atoms with van der Waals surface area (Å²) < 4.78 is 0. The lowest BCUT2D eigenvalue weighted by atomic mass is 9.87. The lowest BCUT2D eigenvalue weighted by Gasteiger charge is -2.26. The molecule has 19 heavy (non-hydrogen) atoms. The predicted molar refractivity (Wildman–Crippen MR) is 78.3 cm³/mol. The van der Waals surface area contributed by atoms with Crippen molar-refractivity contribution in [2.75, 3.05) is 6.54 Å². The van der Waals surface area contributed by atoms with Crippen molar-refractivity contribution in [3.8, 4) is 0 Å². The third-order valence-corrected chi connectivity index (χ3v) is 3.34. The lowest BCUT2D eigenvalue weighted by Crippen LogP contribution is -2.35. The smallest absolute Gasteiger partial charge is 0.251 e. The summed E-state index contributed by atoms with van der Waals surface area (Å²) in [6, 6.07) is 5.72. The number of aliphatic hydroxyl groups is 1. The Morgan fingerprint density at radius 3 is 2.47 bits per heavy atom. The van der Waals surface area contributed by atoms with Crippen LogP contribution >= 0.6 is 0 Å². The van der Waals surface area contributed by atoms with Crippen molar-refractivity contribution >= 4 is 5.91 Å². The highest BCUT2D eigenvalue weighted by atomic mass is 16.3. The second-order valence-corrected chi connectivity index (χ2v) is 6.20. The first kappa shape index (κ1) is 15.7. The molecule has 0 aliphatic carbocycles. The minimum absolute atomic E-state index is 0.0539. The van der Waals surface area contributed by atoms with Gasteiger partial charge in [0.05, 0.1) is 6.10 Å². The molecule has 1 rings (SSSR count). The highest BCUT2D eigenvalue weighted by Gasteiger charge is 2.21. The number of carbonyl (C=O) groups is 1. The summed E-state index contributed by atoms with van der Waals surface area (Å²) in [5.41, 5.74) is 2.89. The van der Waals surface area contributed by atoms with Crippen molar-refractivity contribution in [3.63, 3.8) is 0 Å². The van der Waals surface area contributed by atoms with Gasteiger partial charge in [-0.15, -0.1) is 0 Å². The maximum absolute atomic E-state index is 12.1. The van der Waals surface area contributed by atoms with Crippen LogP contribution < -0.4 is 5.32 Å². The second kappa shape index (κ2) is 6.20. The number of carbonyl (C=O) groups excluding carboxylic acids is 1. The quantitative estimate of drug-likeness (QED) is 0.858. The van der Waals surface area contributed by atoms with Crippen molar-refractivity contribution in [2.24, 2.45) is 5.41 Å². The first-order chi connectivity index (χ1) is 8.71. The normalized spacial score (nSPS) is 13.2. The number of benzene rings is 1. The average Bonchev–Trinajstić information content (AvgIpc) is 2.28. The van der Waals surface area contributed by atoms with Crippen molar-refractivity contribution in [3.05, 3.63) is 34.9 Å². The molecule has 0 fully saturated rings. The van der Waals surface area contributed by atoms with E-state index in [1.54, 1.807) is 6.92 Å². The molecule has 0 aromatic heterocycles. The highest BCUT2D eigenvalue weighted by molar-refractivity contribution is 5.94. The molecule has 0 aliphatic heterocycles. The third kappa shape index (κ3) is 5.03. The van der Waals surface area contributed by atoms with Crippen molar-refractivity contribution < 1.29 is 9.90 Å². The summed E-state index contributed by atoms with van der Waals surface area (Å²) in [6.45, 7) is 10.4. The SMILES string of the molecule is Cc1ccc(C(=O)NCC(C)(C)CC(C)O)cc1C. The Bertz CT molecular complexity index is 450. The maximum atomic E-state index is 12.1. The van der Waals surface area contributed by atoms with Gasteiger partial charge < -0.3 is 10.4 Å². The number of aliphatic hydroxyl groups excluding tert-OH is 1. The van der Waals surface area contributed by atoms with Gasteiger partial charge in [-0.1, -0.05) is 19.9 Å². The van der Waals surface area contributed by atoms with E-state index in [9.17, 15) is 9.90 Å². The van der Waals surface area contributed by atoms with E-state index < -0.39 is 0 Å². The van der Waals surface area contributed by atoms with E-state index in [4.69, 9.17) is 0 Å². The molecule has 0 radical (unpaired) electrons. The second-order valence-electron chi connectivity index (χ2n) is 6.20. The van der Waals surface area contributed by atoms with Crippen LogP contribution in [0.25, 0.3) is 0 Å². The molecule has 3 nitrogen and oxygen atoms in total. The van der Waals surface area contributed by atoms with E-state index >= 15 is 0 Å². The van der Waals surface area contributed by atoms with Crippen LogP contribution in [0.15, 0.2) is 18.2 Å². The van der Waals surface area contributed by atoms with Crippen LogP contribution in [0.5, 0.6) is 0 Å². The number of hydrogen-bond acceptors (Lipinski definition) is 2. The third-order valence-electron chi connectivity index (χ3n) is 3.34. The molecule has 1 amide bonds. The minimum atomic E-state index is -0.353. The molecule has 0 saturated carbocycles. The fourth-order valence-corrected chi connectivity index (χ4v) is 2.18. The molecule has 1 unspecified atom stereocenters. The first-order valence-corrected chi connectivity index (χ1v) is 6.75. The van der Waals surface area contributed by atoms with Crippen LogP contribution in [0.1, 0.15) is 48.7 Å². The summed E-state index contributed by atoms with van der Waals surface area (Å²) >= 11 is 0. The Morgan fingerprint density at radius 2 is 1.95 bits per heavy atom. The Hall–Kier alpha value is -1.35. The summed E-state index contributed by atoms with van der Waals surface area (Å²) in [7, 11) is 0. The summed E-state index contributed by atoms with van der Waals surface area (Å²) in [6.07, 6.45) is 0.314. The fraction of sp³-hybridized carbons (Fsp3) is 0.562. The van der Waals surface area contributed by atoms with E-state index in [2.05, 4.69) is 5.32 Å². The van der Waals surface area contributed by atoms with Gasteiger partial charge in [-0.25, -0.2) is 0 Å². The van der Waals surface area contributed by atoms with Crippen molar-refractivity contribution in [1.29, 1.82) is 0 Å². The Labute approximate surface area is 116 Å². The molecule has 1 aromatic rings. The molecule has 0 spiro atoms. The molecule has 0 saturated heterocycles. The van der Waals surface area contributed by atoms with Gasteiger partial charge >= 0.3 is 0 Å². The van der Waals surface area contributed by atoms with Gasteiger partial charge in [0.15, 0.2) is 0 Å². The summed E-state index contributed by atoms with van der Waals surface area (Å²) in [4.78, 5) is 12.1. The first-order valence-electron chi connectivity index (χ1n) is 6.75. The van der Waals surface area contributed by atoms with Gasteiger partial charge in [0.25, 0.3) is 5.91 Å². The molecule has 0 bridgehead atoms. The molecular weight excluding hydrogens is 238 g/mol. The van der Waals surface area contributed by atoms with Gasteiger partial charge in [-0.3, -0.25) is 4.79 Å². The standard InChI is InChI=1S/C16H25NO2/c1-11-6-7-14(8-12(11)2)15(19)17-10-16(4,5)9-13(3)18/h6-8,13,18H,9-10H2,1-5H3,(H,17,19). The van der Waals surface area contributed by atoms with E-state index in [0.717, 1.165) is 5.56 Å². The largest absolute Gasteiger partial charge is 0.393 e. The zero-order chi connectivity index (χ0) is 14.6. The number of amides is 1. The van der Waals surface area contributed by atoms with E-state index in [-0.39, 0.29) is 17.4 Å². The van der Waals surface area contributed by atoms with Gasteiger partial charge in [-0.05, 0) is 55.9 Å². The summed E-state index contributed by atoms with van der Waals surface area (Å²) in [5, 5.41) is 12.4. The van der Waals surface area contributed by atoms with Crippen LogP contribution in [0.4, 0.5) is 0 Å². The topological polar surface area (TPSA) is 49.3 Å². The van der Waals surface area contributed by atoms with Crippen molar-refractivity contribution in [2.45, 2.75) is 47.1 Å². The predicted octanol–water partition coefficient (Wildman–Crippen LogP) is 2.83. The zero-order valence-electron chi connectivity index (χ0n) is 12.6. The number of rotatable bonds is 5.